The number of carbonyl (C=O) groups is 1. The summed E-state index contributed by atoms with van der Waals surface area (Å²) >= 11 is 0. The molecule has 2 rings (SSSR count). The molecule has 2 aromatic rings. The molecule has 1 aromatic heterocycles. The number of benzene rings is 1. The van der Waals surface area contributed by atoms with Crippen LogP contribution in [0.15, 0.2) is 30.3 Å². The Morgan fingerprint density at radius 2 is 1.81 bits per heavy atom. The van der Waals surface area contributed by atoms with E-state index in [0.29, 0.717) is 17.8 Å². The van der Waals surface area contributed by atoms with E-state index >= 15 is 0 Å². The molecule has 0 unspecified atom stereocenters. The first-order valence-electron chi connectivity index (χ1n) is 9.32. The minimum absolute atomic E-state index is 0.151. The number of aromatic amines is 1. The normalized spacial score (nSPS) is 11.1. The van der Waals surface area contributed by atoms with Gasteiger partial charge in [0, 0.05) is 25.2 Å². The Morgan fingerprint density at radius 3 is 2.38 bits per heavy atom. The summed E-state index contributed by atoms with van der Waals surface area (Å²) < 4.78 is 14.1. The Balaban J connectivity index is 2.15. The van der Waals surface area contributed by atoms with Crippen LogP contribution in [-0.2, 0) is 6.54 Å². The third-order valence-corrected chi connectivity index (χ3v) is 4.31. The molecule has 142 valence electrons. The molecule has 0 aliphatic heterocycles. The average molecular weight is 360 g/mol. The number of aryl methyl sites for hydroxylation is 1. The summed E-state index contributed by atoms with van der Waals surface area (Å²) in [5.41, 5.74) is 1.73. The van der Waals surface area contributed by atoms with Crippen LogP contribution in [-0.4, -0.2) is 52.1 Å². The molecule has 0 atom stereocenters. The molecular weight excluding hydrogens is 331 g/mol. The average Bonchev–Trinajstić information content (AvgIpc) is 3.06. The molecule has 1 N–H and O–H groups in total. The van der Waals surface area contributed by atoms with Crippen molar-refractivity contribution in [2.45, 2.75) is 40.2 Å². The monoisotopic (exact) mass is 360 g/mol. The van der Waals surface area contributed by atoms with Gasteiger partial charge in [0.2, 0.25) is 0 Å². The first-order valence-corrected chi connectivity index (χ1v) is 9.32. The van der Waals surface area contributed by atoms with Gasteiger partial charge in [-0.15, -0.1) is 0 Å². The number of aromatic nitrogens is 2. The molecule has 1 aromatic carbocycles. The second-order valence-corrected chi connectivity index (χ2v) is 6.58. The standard InChI is InChI=1S/C20H29FN4O/c1-4-10-24(11-5-2)12-13-25(15-17-8-6-7-9-18(17)21)20(26)19-14-16(3)22-23-19/h6-9,14H,4-5,10-13,15H2,1-3H3,(H,22,23). The van der Waals surface area contributed by atoms with E-state index in [9.17, 15) is 9.18 Å². The van der Waals surface area contributed by atoms with E-state index in [4.69, 9.17) is 0 Å². The lowest BCUT2D eigenvalue weighted by molar-refractivity contribution is 0.0713. The Bertz CT molecular complexity index is 695. The molecule has 0 bridgehead atoms. The van der Waals surface area contributed by atoms with Gasteiger partial charge in [-0.25, -0.2) is 4.39 Å². The fourth-order valence-corrected chi connectivity index (χ4v) is 3.02. The van der Waals surface area contributed by atoms with E-state index in [2.05, 4.69) is 28.9 Å². The Hall–Kier alpha value is -2.21. The minimum atomic E-state index is -0.287. The van der Waals surface area contributed by atoms with Crippen molar-refractivity contribution in [2.24, 2.45) is 0 Å². The number of nitrogens with one attached hydrogen (secondary N) is 1. The highest BCUT2D eigenvalue weighted by Crippen LogP contribution is 2.13. The zero-order valence-electron chi connectivity index (χ0n) is 16.0. The van der Waals surface area contributed by atoms with E-state index in [1.54, 1.807) is 29.2 Å². The van der Waals surface area contributed by atoms with Gasteiger partial charge in [0.25, 0.3) is 5.91 Å². The summed E-state index contributed by atoms with van der Waals surface area (Å²) in [7, 11) is 0. The summed E-state index contributed by atoms with van der Waals surface area (Å²) in [4.78, 5) is 17.0. The van der Waals surface area contributed by atoms with Crippen LogP contribution in [0.5, 0.6) is 0 Å². The van der Waals surface area contributed by atoms with E-state index in [1.807, 2.05) is 6.92 Å². The Kier molecular flexibility index (Phi) is 7.78. The zero-order valence-corrected chi connectivity index (χ0v) is 16.0. The van der Waals surface area contributed by atoms with Crippen LogP contribution in [0.1, 0.15) is 48.4 Å². The van der Waals surface area contributed by atoms with Crippen molar-refractivity contribution in [1.29, 1.82) is 0 Å². The fraction of sp³-hybridized carbons (Fsp3) is 0.500. The van der Waals surface area contributed by atoms with Gasteiger partial charge in [0.15, 0.2) is 0 Å². The molecule has 0 spiro atoms. The van der Waals surface area contributed by atoms with Gasteiger partial charge in [-0.1, -0.05) is 32.0 Å². The number of hydrogen-bond acceptors (Lipinski definition) is 3. The topological polar surface area (TPSA) is 52.2 Å². The molecule has 5 nitrogen and oxygen atoms in total. The predicted octanol–water partition coefficient (Wildman–Crippen LogP) is 3.62. The molecule has 6 heteroatoms. The lowest BCUT2D eigenvalue weighted by atomic mass is 10.2. The smallest absolute Gasteiger partial charge is 0.272 e. The zero-order chi connectivity index (χ0) is 18.9. The summed E-state index contributed by atoms with van der Waals surface area (Å²) in [6, 6.07) is 8.34. The number of amides is 1. The Labute approximate surface area is 155 Å². The molecule has 26 heavy (non-hydrogen) atoms. The second kappa shape index (κ2) is 10.1. The maximum absolute atomic E-state index is 14.1. The first-order chi connectivity index (χ1) is 12.5. The van der Waals surface area contributed by atoms with Gasteiger partial charge >= 0.3 is 0 Å². The fourth-order valence-electron chi connectivity index (χ4n) is 3.02. The number of nitrogens with zero attached hydrogens (tertiary/aromatic N) is 3. The SMILES string of the molecule is CCCN(CCC)CCN(Cc1ccccc1F)C(=O)c1cc(C)n[nH]1. The molecule has 0 saturated heterocycles. The number of H-pyrrole nitrogens is 1. The highest BCUT2D eigenvalue weighted by Gasteiger charge is 2.20. The number of hydrogen-bond donors (Lipinski definition) is 1. The quantitative estimate of drug-likeness (QED) is 0.704. The molecular formula is C20H29FN4O. The van der Waals surface area contributed by atoms with Gasteiger partial charge in [-0.2, -0.15) is 5.10 Å². The van der Waals surface area contributed by atoms with Gasteiger partial charge < -0.3 is 9.80 Å². The van der Waals surface area contributed by atoms with E-state index in [-0.39, 0.29) is 18.3 Å². The third-order valence-electron chi connectivity index (χ3n) is 4.31. The van der Waals surface area contributed by atoms with Crippen molar-refractivity contribution in [1.82, 2.24) is 20.0 Å². The highest BCUT2D eigenvalue weighted by atomic mass is 19.1. The van der Waals surface area contributed by atoms with Gasteiger partial charge in [-0.05, 0) is 45.0 Å². The van der Waals surface area contributed by atoms with Crippen LogP contribution < -0.4 is 0 Å². The van der Waals surface area contributed by atoms with Crippen molar-refractivity contribution in [3.05, 3.63) is 53.1 Å². The number of rotatable bonds is 10. The maximum atomic E-state index is 14.1. The van der Waals surface area contributed by atoms with Crippen molar-refractivity contribution in [3.63, 3.8) is 0 Å². The van der Waals surface area contributed by atoms with Crippen LogP contribution in [0.25, 0.3) is 0 Å². The van der Waals surface area contributed by atoms with Crippen molar-refractivity contribution >= 4 is 5.91 Å². The van der Waals surface area contributed by atoms with Crippen molar-refractivity contribution in [2.75, 3.05) is 26.2 Å². The molecule has 1 heterocycles. The lowest BCUT2D eigenvalue weighted by Crippen LogP contribution is -2.39. The number of carbonyl (C=O) groups excluding carboxylic acids is 1. The molecule has 0 aliphatic carbocycles. The second-order valence-electron chi connectivity index (χ2n) is 6.58. The minimum Gasteiger partial charge on any atom is -0.332 e. The van der Waals surface area contributed by atoms with Crippen molar-refractivity contribution in [3.8, 4) is 0 Å². The molecule has 1 amide bonds. The van der Waals surface area contributed by atoms with Crippen LogP contribution in [0, 0.1) is 12.7 Å². The summed E-state index contributed by atoms with van der Waals surface area (Å²) in [5.74, 6) is -0.438. The van der Waals surface area contributed by atoms with Crippen LogP contribution in [0.2, 0.25) is 0 Å². The highest BCUT2D eigenvalue weighted by molar-refractivity contribution is 5.92. The Morgan fingerprint density at radius 1 is 1.12 bits per heavy atom. The molecule has 0 fully saturated rings. The third kappa shape index (κ3) is 5.66. The van der Waals surface area contributed by atoms with E-state index in [0.717, 1.165) is 38.2 Å². The largest absolute Gasteiger partial charge is 0.332 e. The summed E-state index contributed by atoms with van der Waals surface area (Å²) in [5, 5.41) is 6.82. The van der Waals surface area contributed by atoms with Crippen LogP contribution >= 0.6 is 0 Å². The van der Waals surface area contributed by atoms with E-state index in [1.165, 1.54) is 6.07 Å². The molecule has 0 aliphatic rings. The summed E-state index contributed by atoms with van der Waals surface area (Å²) in [6.45, 7) is 9.70. The van der Waals surface area contributed by atoms with E-state index < -0.39 is 0 Å². The van der Waals surface area contributed by atoms with Gasteiger partial charge in [0.05, 0.1) is 5.69 Å². The van der Waals surface area contributed by atoms with Gasteiger partial charge in [0.1, 0.15) is 11.5 Å². The first kappa shape index (κ1) is 20.1. The van der Waals surface area contributed by atoms with Crippen LogP contribution in [0.4, 0.5) is 4.39 Å². The predicted molar refractivity (Wildman–Crippen MR) is 101 cm³/mol. The lowest BCUT2D eigenvalue weighted by Gasteiger charge is -2.27. The maximum Gasteiger partial charge on any atom is 0.272 e. The molecule has 0 radical (unpaired) electrons. The van der Waals surface area contributed by atoms with Crippen LogP contribution in [0.3, 0.4) is 0 Å². The van der Waals surface area contributed by atoms with Gasteiger partial charge in [-0.3, -0.25) is 9.89 Å². The molecule has 0 saturated carbocycles. The van der Waals surface area contributed by atoms with Crippen molar-refractivity contribution < 1.29 is 9.18 Å². The summed E-state index contributed by atoms with van der Waals surface area (Å²) in [6.07, 6.45) is 2.14. The number of halogens is 1.